The third kappa shape index (κ3) is 3.32. The fraction of sp³-hybridized carbons (Fsp3) is 0.263. The van der Waals surface area contributed by atoms with Crippen molar-refractivity contribution in [1.29, 1.82) is 0 Å². The lowest BCUT2D eigenvalue weighted by atomic mass is 9.76. The minimum Gasteiger partial charge on any atom is -0.349 e. The van der Waals surface area contributed by atoms with Crippen LogP contribution in [0.25, 0.3) is 11.0 Å². The summed E-state index contributed by atoms with van der Waals surface area (Å²) < 4.78 is 2.29. The molecular formula is C19H17BrN4O3. The number of halogens is 1. The highest BCUT2D eigenvalue weighted by molar-refractivity contribution is 9.10. The SMILES string of the molecule is Cn1c(=O)[nH]c(=O)c2cc(C(=O)NC3CC(c4ccc(Br)cc4)C3)cnc21. The fourth-order valence-electron chi connectivity index (χ4n) is 3.37. The first kappa shape index (κ1) is 17.7. The van der Waals surface area contributed by atoms with Crippen LogP contribution >= 0.6 is 15.9 Å². The van der Waals surface area contributed by atoms with Crippen LogP contribution in [0, 0.1) is 0 Å². The van der Waals surface area contributed by atoms with Gasteiger partial charge in [-0.3, -0.25) is 19.1 Å². The summed E-state index contributed by atoms with van der Waals surface area (Å²) >= 11 is 3.43. The smallest absolute Gasteiger partial charge is 0.329 e. The van der Waals surface area contributed by atoms with Gasteiger partial charge in [0.2, 0.25) is 0 Å². The van der Waals surface area contributed by atoms with E-state index in [-0.39, 0.29) is 23.0 Å². The van der Waals surface area contributed by atoms with Gasteiger partial charge in [0.1, 0.15) is 5.65 Å². The number of pyridine rings is 1. The van der Waals surface area contributed by atoms with Gasteiger partial charge in [0.25, 0.3) is 11.5 Å². The summed E-state index contributed by atoms with van der Waals surface area (Å²) in [7, 11) is 1.52. The second-order valence-corrected chi connectivity index (χ2v) is 7.72. The van der Waals surface area contributed by atoms with Gasteiger partial charge >= 0.3 is 5.69 Å². The molecule has 1 saturated carbocycles. The van der Waals surface area contributed by atoms with Crippen molar-refractivity contribution in [2.45, 2.75) is 24.8 Å². The van der Waals surface area contributed by atoms with Crippen molar-refractivity contribution >= 4 is 32.9 Å². The van der Waals surface area contributed by atoms with Crippen LogP contribution in [-0.2, 0) is 7.05 Å². The number of benzene rings is 1. The summed E-state index contributed by atoms with van der Waals surface area (Å²) in [6, 6.07) is 9.80. The van der Waals surface area contributed by atoms with Crippen LogP contribution in [0.3, 0.4) is 0 Å². The molecule has 1 aliphatic carbocycles. The number of carbonyl (C=O) groups excluding carboxylic acids is 1. The molecule has 3 aromatic rings. The number of nitrogens with zero attached hydrogens (tertiary/aromatic N) is 2. The first-order valence-electron chi connectivity index (χ1n) is 8.58. The Morgan fingerprint density at radius 1 is 1.26 bits per heavy atom. The van der Waals surface area contributed by atoms with E-state index in [2.05, 4.69) is 43.3 Å². The van der Waals surface area contributed by atoms with E-state index < -0.39 is 11.2 Å². The number of fused-ring (bicyclic) bond motifs is 1. The number of aromatic nitrogens is 3. The van der Waals surface area contributed by atoms with Gasteiger partial charge in [-0.15, -0.1) is 0 Å². The first-order valence-corrected chi connectivity index (χ1v) is 9.37. The Labute approximate surface area is 162 Å². The average molecular weight is 429 g/mol. The number of H-pyrrole nitrogens is 1. The average Bonchev–Trinajstić information content (AvgIpc) is 2.63. The van der Waals surface area contributed by atoms with Crippen molar-refractivity contribution in [3.8, 4) is 0 Å². The van der Waals surface area contributed by atoms with E-state index >= 15 is 0 Å². The van der Waals surface area contributed by atoms with Crippen molar-refractivity contribution in [3.05, 3.63) is 73.0 Å². The predicted molar refractivity (Wildman–Crippen MR) is 105 cm³/mol. The van der Waals surface area contributed by atoms with E-state index in [1.54, 1.807) is 0 Å². The van der Waals surface area contributed by atoms with Crippen molar-refractivity contribution in [3.63, 3.8) is 0 Å². The number of nitrogens with one attached hydrogen (secondary N) is 2. The van der Waals surface area contributed by atoms with E-state index in [1.165, 1.54) is 29.4 Å². The van der Waals surface area contributed by atoms with E-state index in [9.17, 15) is 14.4 Å². The molecule has 1 aromatic carbocycles. The zero-order valence-electron chi connectivity index (χ0n) is 14.5. The molecule has 2 heterocycles. The molecule has 0 radical (unpaired) electrons. The zero-order valence-corrected chi connectivity index (χ0v) is 16.1. The first-order chi connectivity index (χ1) is 12.9. The Balaban J connectivity index is 1.47. The lowest BCUT2D eigenvalue weighted by Crippen LogP contribution is -2.43. The number of hydrogen-bond donors (Lipinski definition) is 2. The van der Waals surface area contributed by atoms with Crippen LogP contribution in [0.4, 0.5) is 0 Å². The molecule has 4 rings (SSSR count). The number of hydrogen-bond acceptors (Lipinski definition) is 4. The summed E-state index contributed by atoms with van der Waals surface area (Å²) in [5, 5.41) is 3.20. The van der Waals surface area contributed by atoms with E-state index in [1.807, 2.05) is 12.1 Å². The molecule has 0 unspecified atom stereocenters. The largest absolute Gasteiger partial charge is 0.349 e. The van der Waals surface area contributed by atoms with Crippen molar-refractivity contribution < 1.29 is 4.79 Å². The van der Waals surface area contributed by atoms with Crippen LogP contribution in [0.1, 0.15) is 34.7 Å². The molecule has 1 aliphatic rings. The number of aryl methyl sites for hydroxylation is 1. The highest BCUT2D eigenvalue weighted by Crippen LogP contribution is 2.37. The summed E-state index contributed by atoms with van der Waals surface area (Å²) in [5.74, 6) is 0.174. The molecule has 8 heteroatoms. The molecule has 1 amide bonds. The van der Waals surface area contributed by atoms with Crippen molar-refractivity contribution in [2.24, 2.45) is 7.05 Å². The standard InChI is InChI=1S/C19H17BrN4O3/c1-24-16-15(18(26)23-19(24)27)8-12(9-21-16)17(25)22-14-6-11(7-14)10-2-4-13(20)5-3-10/h2-5,8-9,11,14H,6-7H2,1H3,(H,22,25)(H,23,26,27). The van der Waals surface area contributed by atoms with Gasteiger partial charge in [0.05, 0.1) is 10.9 Å². The van der Waals surface area contributed by atoms with Gasteiger partial charge < -0.3 is 5.32 Å². The molecule has 1 fully saturated rings. The Hall–Kier alpha value is -2.74. The van der Waals surface area contributed by atoms with Gasteiger partial charge in [-0.25, -0.2) is 9.78 Å². The highest BCUT2D eigenvalue weighted by atomic mass is 79.9. The van der Waals surface area contributed by atoms with Crippen LogP contribution in [0.15, 0.2) is 50.6 Å². The molecule has 0 spiro atoms. The van der Waals surface area contributed by atoms with E-state index in [0.29, 0.717) is 11.5 Å². The number of carbonyl (C=O) groups is 1. The fourth-order valence-corrected chi connectivity index (χ4v) is 3.64. The lowest BCUT2D eigenvalue weighted by molar-refractivity contribution is 0.0908. The van der Waals surface area contributed by atoms with E-state index in [0.717, 1.165) is 17.3 Å². The topological polar surface area (TPSA) is 96.9 Å². The van der Waals surface area contributed by atoms with Crippen LogP contribution < -0.4 is 16.6 Å². The molecule has 7 nitrogen and oxygen atoms in total. The summed E-state index contributed by atoms with van der Waals surface area (Å²) in [5.41, 5.74) is 0.737. The highest BCUT2D eigenvalue weighted by Gasteiger charge is 2.31. The molecule has 138 valence electrons. The van der Waals surface area contributed by atoms with Crippen molar-refractivity contribution in [2.75, 3.05) is 0 Å². The number of aromatic amines is 1. The Kier molecular flexibility index (Phi) is 4.43. The quantitative estimate of drug-likeness (QED) is 0.666. The minimum atomic E-state index is -0.547. The second kappa shape index (κ2) is 6.77. The van der Waals surface area contributed by atoms with Gasteiger partial charge in [0, 0.05) is 23.8 Å². The third-order valence-corrected chi connectivity index (χ3v) is 5.56. The van der Waals surface area contributed by atoms with Gasteiger partial charge in [0.15, 0.2) is 0 Å². The molecule has 0 atom stereocenters. The minimum absolute atomic E-state index is 0.0975. The number of amides is 1. The summed E-state index contributed by atoms with van der Waals surface area (Å²) in [4.78, 5) is 42.5. The molecule has 0 saturated heterocycles. The molecular weight excluding hydrogens is 412 g/mol. The Bertz CT molecular complexity index is 1140. The Morgan fingerprint density at radius 2 is 1.96 bits per heavy atom. The zero-order chi connectivity index (χ0) is 19.1. The normalized spacial score (nSPS) is 18.9. The summed E-state index contributed by atoms with van der Waals surface area (Å²) in [6.45, 7) is 0. The molecule has 27 heavy (non-hydrogen) atoms. The second-order valence-electron chi connectivity index (χ2n) is 6.80. The maximum Gasteiger partial charge on any atom is 0.329 e. The van der Waals surface area contributed by atoms with Gasteiger partial charge in [-0.1, -0.05) is 28.1 Å². The molecule has 2 aromatic heterocycles. The van der Waals surface area contributed by atoms with Crippen molar-refractivity contribution in [1.82, 2.24) is 19.9 Å². The lowest BCUT2D eigenvalue weighted by Gasteiger charge is -2.36. The van der Waals surface area contributed by atoms with Crippen LogP contribution in [0.5, 0.6) is 0 Å². The van der Waals surface area contributed by atoms with E-state index in [4.69, 9.17) is 0 Å². The van der Waals surface area contributed by atoms with Crippen LogP contribution in [-0.4, -0.2) is 26.5 Å². The molecule has 0 bridgehead atoms. The predicted octanol–water partition coefficient (Wildman–Crippen LogP) is 2.06. The maximum atomic E-state index is 12.5. The van der Waals surface area contributed by atoms with Gasteiger partial charge in [-0.2, -0.15) is 0 Å². The Morgan fingerprint density at radius 3 is 2.67 bits per heavy atom. The monoisotopic (exact) mass is 428 g/mol. The third-order valence-electron chi connectivity index (χ3n) is 5.03. The summed E-state index contributed by atoms with van der Waals surface area (Å²) in [6.07, 6.45) is 3.15. The van der Waals surface area contributed by atoms with Gasteiger partial charge in [-0.05, 0) is 42.5 Å². The maximum absolute atomic E-state index is 12.5. The van der Waals surface area contributed by atoms with Crippen LogP contribution in [0.2, 0.25) is 0 Å². The number of rotatable bonds is 3. The molecule has 0 aliphatic heterocycles. The molecule has 2 N–H and O–H groups in total.